The number of nitrogens with one attached hydrogen (secondary N) is 1. The molecule has 0 saturated carbocycles. The lowest BCUT2D eigenvalue weighted by atomic mass is 10.1. The average Bonchev–Trinajstić information content (AvgIpc) is 2.76. The molecule has 0 aliphatic rings. The summed E-state index contributed by atoms with van der Waals surface area (Å²) in [5, 5.41) is 6.47. The van der Waals surface area contributed by atoms with Gasteiger partial charge in [0.15, 0.2) is 5.13 Å². The van der Waals surface area contributed by atoms with E-state index in [0.29, 0.717) is 5.92 Å². The molecule has 0 amide bonds. The van der Waals surface area contributed by atoms with E-state index in [9.17, 15) is 0 Å². The topological polar surface area (TPSA) is 24.9 Å². The minimum Gasteiger partial charge on any atom is -0.361 e. The van der Waals surface area contributed by atoms with Crippen LogP contribution < -0.4 is 5.32 Å². The van der Waals surface area contributed by atoms with Crippen LogP contribution in [-0.2, 0) is 0 Å². The number of nitrogens with zero attached hydrogens (tertiary/aromatic N) is 1. The molecule has 1 aromatic carbocycles. The zero-order valence-electron chi connectivity index (χ0n) is 10.5. The summed E-state index contributed by atoms with van der Waals surface area (Å²) < 4.78 is 0. The van der Waals surface area contributed by atoms with E-state index < -0.39 is 0 Å². The van der Waals surface area contributed by atoms with Crippen LogP contribution in [0.5, 0.6) is 0 Å². The zero-order valence-corrected chi connectivity index (χ0v) is 11.3. The highest BCUT2D eigenvalue weighted by atomic mass is 32.1. The molecule has 1 N–H and O–H groups in total. The average molecular weight is 246 g/mol. The number of benzene rings is 1. The van der Waals surface area contributed by atoms with Gasteiger partial charge in [-0.15, -0.1) is 11.3 Å². The maximum atomic E-state index is 4.59. The molecule has 0 fully saturated rings. The summed E-state index contributed by atoms with van der Waals surface area (Å²) >= 11 is 1.67. The van der Waals surface area contributed by atoms with Gasteiger partial charge in [-0.1, -0.05) is 43.7 Å². The molecule has 0 saturated heterocycles. The highest BCUT2D eigenvalue weighted by Gasteiger charge is 2.04. The molecule has 1 aromatic heterocycles. The molecule has 2 aromatic rings. The molecule has 2 nitrogen and oxygen atoms in total. The monoisotopic (exact) mass is 246 g/mol. The van der Waals surface area contributed by atoms with E-state index in [2.05, 4.69) is 60.7 Å². The maximum absolute atomic E-state index is 4.59. The van der Waals surface area contributed by atoms with E-state index in [-0.39, 0.29) is 0 Å². The minimum atomic E-state index is 0.640. The van der Waals surface area contributed by atoms with Gasteiger partial charge in [0.25, 0.3) is 0 Å². The number of hydrogen-bond donors (Lipinski definition) is 1. The normalized spacial score (nSPS) is 10.8. The van der Waals surface area contributed by atoms with Crippen LogP contribution in [0.25, 0.3) is 11.3 Å². The van der Waals surface area contributed by atoms with Crippen LogP contribution in [0, 0.1) is 12.8 Å². The predicted molar refractivity (Wildman–Crippen MR) is 75.6 cm³/mol. The van der Waals surface area contributed by atoms with Gasteiger partial charge in [-0.3, -0.25) is 0 Å². The second-order valence-corrected chi connectivity index (χ2v) is 5.54. The first-order chi connectivity index (χ1) is 8.15. The Balaban J connectivity index is 2.10. The fourth-order valence-corrected chi connectivity index (χ4v) is 2.23. The molecule has 0 spiro atoms. The third kappa shape index (κ3) is 3.30. The standard InChI is InChI=1S/C14H18N2S/c1-10(2)8-15-14-16-13(9-17-14)12-6-4-11(3)5-7-12/h4-7,9-10H,8H2,1-3H3,(H,15,16). The van der Waals surface area contributed by atoms with Gasteiger partial charge in [-0.2, -0.15) is 0 Å². The van der Waals surface area contributed by atoms with Crippen LogP contribution in [0.2, 0.25) is 0 Å². The molecule has 90 valence electrons. The Morgan fingerprint density at radius 2 is 1.94 bits per heavy atom. The Labute approximate surface area is 107 Å². The van der Waals surface area contributed by atoms with Crippen molar-refractivity contribution < 1.29 is 0 Å². The molecular weight excluding hydrogens is 228 g/mol. The van der Waals surface area contributed by atoms with Gasteiger partial charge in [0.05, 0.1) is 5.69 Å². The van der Waals surface area contributed by atoms with Gasteiger partial charge in [0, 0.05) is 17.5 Å². The highest BCUT2D eigenvalue weighted by molar-refractivity contribution is 7.14. The Morgan fingerprint density at radius 1 is 1.24 bits per heavy atom. The summed E-state index contributed by atoms with van der Waals surface area (Å²) in [7, 11) is 0. The number of aromatic nitrogens is 1. The van der Waals surface area contributed by atoms with Gasteiger partial charge in [-0.05, 0) is 12.8 Å². The van der Waals surface area contributed by atoms with Crippen LogP contribution in [0.15, 0.2) is 29.6 Å². The Hall–Kier alpha value is -1.35. The van der Waals surface area contributed by atoms with Crippen molar-refractivity contribution >= 4 is 16.5 Å². The lowest BCUT2D eigenvalue weighted by Gasteiger charge is -2.04. The van der Waals surface area contributed by atoms with Crippen LogP contribution >= 0.6 is 11.3 Å². The van der Waals surface area contributed by atoms with Crippen molar-refractivity contribution in [3.8, 4) is 11.3 Å². The second kappa shape index (κ2) is 5.32. The van der Waals surface area contributed by atoms with Gasteiger partial charge >= 0.3 is 0 Å². The summed E-state index contributed by atoms with van der Waals surface area (Å²) in [6.07, 6.45) is 0. The van der Waals surface area contributed by atoms with Crippen LogP contribution in [0.3, 0.4) is 0 Å². The first-order valence-corrected chi connectivity index (χ1v) is 6.79. The van der Waals surface area contributed by atoms with Crippen LogP contribution in [-0.4, -0.2) is 11.5 Å². The first kappa shape index (κ1) is 12.1. The molecule has 2 rings (SSSR count). The zero-order chi connectivity index (χ0) is 12.3. The summed E-state index contributed by atoms with van der Waals surface area (Å²) in [5.74, 6) is 0.640. The molecule has 0 radical (unpaired) electrons. The van der Waals surface area contributed by atoms with Gasteiger partial charge in [0.2, 0.25) is 0 Å². The van der Waals surface area contributed by atoms with E-state index in [1.807, 2.05) is 0 Å². The minimum absolute atomic E-state index is 0.640. The van der Waals surface area contributed by atoms with Gasteiger partial charge in [0.1, 0.15) is 0 Å². The second-order valence-electron chi connectivity index (χ2n) is 4.68. The molecule has 1 heterocycles. The van der Waals surface area contributed by atoms with Crippen molar-refractivity contribution in [3.05, 3.63) is 35.2 Å². The van der Waals surface area contributed by atoms with Crippen LogP contribution in [0.4, 0.5) is 5.13 Å². The molecule has 0 bridgehead atoms. The van der Waals surface area contributed by atoms with Crippen molar-refractivity contribution in [1.29, 1.82) is 0 Å². The number of rotatable bonds is 4. The van der Waals surface area contributed by atoms with Crippen molar-refractivity contribution in [1.82, 2.24) is 4.98 Å². The van der Waals surface area contributed by atoms with Crippen molar-refractivity contribution in [3.63, 3.8) is 0 Å². The molecule has 0 unspecified atom stereocenters. The van der Waals surface area contributed by atoms with Crippen molar-refractivity contribution in [2.24, 2.45) is 5.92 Å². The Bertz CT molecular complexity index is 471. The SMILES string of the molecule is Cc1ccc(-c2csc(NCC(C)C)n2)cc1. The fourth-order valence-electron chi connectivity index (χ4n) is 1.50. The molecule has 0 aliphatic carbocycles. The van der Waals surface area contributed by atoms with Gasteiger partial charge in [-0.25, -0.2) is 4.98 Å². The molecule has 0 aliphatic heterocycles. The van der Waals surface area contributed by atoms with E-state index in [4.69, 9.17) is 0 Å². The predicted octanol–water partition coefficient (Wildman–Crippen LogP) is 4.19. The number of hydrogen-bond acceptors (Lipinski definition) is 3. The fraction of sp³-hybridized carbons (Fsp3) is 0.357. The Kier molecular flexibility index (Phi) is 3.79. The van der Waals surface area contributed by atoms with Crippen molar-refractivity contribution in [2.75, 3.05) is 11.9 Å². The molecule has 0 atom stereocenters. The smallest absolute Gasteiger partial charge is 0.183 e. The number of aryl methyl sites for hydroxylation is 1. The van der Waals surface area contributed by atoms with Gasteiger partial charge < -0.3 is 5.32 Å². The number of thiazole rings is 1. The highest BCUT2D eigenvalue weighted by Crippen LogP contribution is 2.25. The quantitative estimate of drug-likeness (QED) is 0.875. The van der Waals surface area contributed by atoms with Crippen LogP contribution in [0.1, 0.15) is 19.4 Å². The summed E-state index contributed by atoms with van der Waals surface area (Å²) in [6.45, 7) is 7.46. The number of anilines is 1. The van der Waals surface area contributed by atoms with E-state index in [0.717, 1.165) is 17.4 Å². The summed E-state index contributed by atoms with van der Waals surface area (Å²) in [5.41, 5.74) is 3.52. The molecule has 3 heteroatoms. The summed E-state index contributed by atoms with van der Waals surface area (Å²) in [6, 6.07) is 8.49. The third-order valence-electron chi connectivity index (χ3n) is 2.51. The molecular formula is C14H18N2S. The first-order valence-electron chi connectivity index (χ1n) is 5.91. The molecule has 17 heavy (non-hydrogen) atoms. The van der Waals surface area contributed by atoms with E-state index in [1.165, 1.54) is 11.1 Å². The third-order valence-corrected chi connectivity index (χ3v) is 3.31. The van der Waals surface area contributed by atoms with E-state index in [1.54, 1.807) is 11.3 Å². The summed E-state index contributed by atoms with van der Waals surface area (Å²) in [4.78, 5) is 4.59. The Morgan fingerprint density at radius 3 is 2.59 bits per heavy atom. The maximum Gasteiger partial charge on any atom is 0.183 e. The lowest BCUT2D eigenvalue weighted by Crippen LogP contribution is -2.07. The largest absolute Gasteiger partial charge is 0.361 e. The van der Waals surface area contributed by atoms with E-state index >= 15 is 0 Å². The lowest BCUT2D eigenvalue weighted by molar-refractivity contribution is 0.688. The van der Waals surface area contributed by atoms with Crippen molar-refractivity contribution in [2.45, 2.75) is 20.8 Å².